The standard InChI is InChI=1S/C15H12N2O6/c18-13-12-11(14(19)20)10-4-5-15(12,23-10)7-16(13)8-2-1-3-9(6-8)17(21)22/h1-6,10-12H,7H2,(H,19,20)/p-1/t10-,11-,12+,15+/m0/s1. The molecule has 4 rings (SSSR count). The Morgan fingerprint density at radius 2 is 2.22 bits per heavy atom. The van der Waals surface area contributed by atoms with Crippen LogP contribution in [-0.4, -0.2) is 35.0 Å². The zero-order chi connectivity index (χ0) is 16.4. The van der Waals surface area contributed by atoms with E-state index in [9.17, 15) is 24.8 Å². The number of aliphatic carboxylic acids is 1. The van der Waals surface area contributed by atoms with Crippen molar-refractivity contribution < 1.29 is 24.4 Å². The molecule has 3 heterocycles. The molecule has 1 aromatic carbocycles. The van der Waals surface area contributed by atoms with Gasteiger partial charge in [-0.2, -0.15) is 0 Å². The van der Waals surface area contributed by atoms with Crippen molar-refractivity contribution in [2.75, 3.05) is 11.4 Å². The smallest absolute Gasteiger partial charge is 0.271 e. The quantitative estimate of drug-likeness (QED) is 0.427. The van der Waals surface area contributed by atoms with Crippen LogP contribution in [0.15, 0.2) is 36.4 Å². The average molecular weight is 315 g/mol. The van der Waals surface area contributed by atoms with E-state index in [-0.39, 0.29) is 12.2 Å². The molecule has 8 nitrogen and oxygen atoms in total. The highest BCUT2D eigenvalue weighted by molar-refractivity contribution is 6.02. The largest absolute Gasteiger partial charge is 0.550 e. The van der Waals surface area contributed by atoms with Gasteiger partial charge in [0, 0.05) is 24.0 Å². The molecule has 2 bridgehead atoms. The number of carbonyl (C=O) groups excluding carboxylic acids is 2. The Morgan fingerprint density at radius 3 is 2.91 bits per heavy atom. The van der Waals surface area contributed by atoms with Gasteiger partial charge in [0.2, 0.25) is 5.91 Å². The van der Waals surface area contributed by atoms with Crippen LogP contribution in [0.2, 0.25) is 0 Å². The number of nitrogens with zero attached hydrogens (tertiary/aromatic N) is 2. The lowest BCUT2D eigenvalue weighted by Crippen LogP contribution is -2.45. The first-order valence-corrected chi connectivity index (χ1v) is 7.07. The summed E-state index contributed by atoms with van der Waals surface area (Å²) in [4.78, 5) is 35.8. The van der Waals surface area contributed by atoms with Gasteiger partial charge in [0.05, 0.1) is 29.2 Å². The summed E-state index contributed by atoms with van der Waals surface area (Å²) in [5, 5.41) is 22.3. The van der Waals surface area contributed by atoms with Gasteiger partial charge in [-0.25, -0.2) is 0 Å². The fourth-order valence-corrected chi connectivity index (χ4v) is 3.76. The van der Waals surface area contributed by atoms with Crippen LogP contribution in [-0.2, 0) is 14.3 Å². The molecule has 0 N–H and O–H groups in total. The van der Waals surface area contributed by atoms with Crippen LogP contribution in [0.1, 0.15) is 0 Å². The van der Waals surface area contributed by atoms with Gasteiger partial charge >= 0.3 is 0 Å². The van der Waals surface area contributed by atoms with Gasteiger partial charge in [-0.1, -0.05) is 18.2 Å². The molecule has 0 saturated carbocycles. The molecule has 0 unspecified atom stereocenters. The molecule has 3 aliphatic rings. The SMILES string of the molecule is O=C([O-])[C@H]1[C@@H]2C=C[C@]3(CN(c4cccc([N+](=O)[O-])c4)C(=O)[C@@H]13)O2. The fourth-order valence-electron chi connectivity index (χ4n) is 3.76. The molecular formula is C15H11N2O6-. The number of carboxylic acid groups (broad SMARTS) is 1. The minimum absolute atomic E-state index is 0.133. The molecule has 8 heteroatoms. The molecule has 0 radical (unpaired) electrons. The maximum absolute atomic E-state index is 12.7. The topological polar surface area (TPSA) is 113 Å². The van der Waals surface area contributed by atoms with Crippen molar-refractivity contribution in [1.29, 1.82) is 0 Å². The van der Waals surface area contributed by atoms with Gasteiger partial charge in [0.25, 0.3) is 5.69 Å². The first-order chi connectivity index (χ1) is 10.9. The maximum Gasteiger partial charge on any atom is 0.271 e. The van der Waals surface area contributed by atoms with E-state index in [2.05, 4.69) is 0 Å². The number of benzene rings is 1. The monoisotopic (exact) mass is 315 g/mol. The molecule has 1 amide bonds. The highest BCUT2D eigenvalue weighted by Crippen LogP contribution is 2.52. The molecule has 3 aliphatic heterocycles. The summed E-state index contributed by atoms with van der Waals surface area (Å²) in [7, 11) is 0. The second-order valence-electron chi connectivity index (χ2n) is 5.92. The first kappa shape index (κ1) is 13.9. The number of carbonyl (C=O) groups is 2. The van der Waals surface area contributed by atoms with E-state index in [1.54, 1.807) is 18.2 Å². The number of fused-ring (bicyclic) bond motifs is 1. The maximum atomic E-state index is 12.7. The molecule has 23 heavy (non-hydrogen) atoms. The molecule has 2 saturated heterocycles. The Morgan fingerprint density at radius 1 is 1.43 bits per heavy atom. The van der Waals surface area contributed by atoms with Crippen molar-refractivity contribution in [2.24, 2.45) is 11.8 Å². The number of anilines is 1. The third-order valence-corrected chi connectivity index (χ3v) is 4.72. The van der Waals surface area contributed by atoms with E-state index in [0.29, 0.717) is 5.69 Å². The van der Waals surface area contributed by atoms with Crippen LogP contribution in [0.4, 0.5) is 11.4 Å². The van der Waals surface area contributed by atoms with Crippen molar-refractivity contribution in [3.05, 3.63) is 46.5 Å². The van der Waals surface area contributed by atoms with Crippen LogP contribution in [0.3, 0.4) is 0 Å². The summed E-state index contributed by atoms with van der Waals surface area (Å²) < 4.78 is 5.73. The number of nitro groups is 1. The van der Waals surface area contributed by atoms with E-state index in [1.807, 2.05) is 0 Å². The minimum Gasteiger partial charge on any atom is -0.550 e. The minimum atomic E-state index is -1.32. The van der Waals surface area contributed by atoms with E-state index in [4.69, 9.17) is 4.74 Å². The van der Waals surface area contributed by atoms with Crippen LogP contribution >= 0.6 is 0 Å². The second-order valence-corrected chi connectivity index (χ2v) is 5.92. The molecule has 118 valence electrons. The van der Waals surface area contributed by atoms with Gasteiger partial charge in [0.15, 0.2) is 0 Å². The van der Waals surface area contributed by atoms with Crippen LogP contribution in [0.5, 0.6) is 0 Å². The molecule has 1 spiro atoms. The Hall–Kier alpha value is -2.74. The van der Waals surface area contributed by atoms with Gasteiger partial charge in [0.1, 0.15) is 5.60 Å². The number of hydrogen-bond acceptors (Lipinski definition) is 6. The van der Waals surface area contributed by atoms with Crippen molar-refractivity contribution in [3.8, 4) is 0 Å². The normalized spacial score (nSPS) is 34.0. The molecule has 2 fully saturated rings. The predicted molar refractivity (Wildman–Crippen MR) is 74.2 cm³/mol. The summed E-state index contributed by atoms with van der Waals surface area (Å²) in [5.41, 5.74) is -0.774. The third-order valence-electron chi connectivity index (χ3n) is 4.72. The Balaban J connectivity index is 1.73. The highest BCUT2D eigenvalue weighted by atomic mass is 16.6. The first-order valence-electron chi connectivity index (χ1n) is 7.07. The lowest BCUT2D eigenvalue weighted by atomic mass is 9.77. The van der Waals surface area contributed by atoms with E-state index >= 15 is 0 Å². The van der Waals surface area contributed by atoms with Crippen molar-refractivity contribution in [2.45, 2.75) is 11.7 Å². The Labute approximate surface area is 130 Å². The number of carboxylic acids is 1. The summed E-state index contributed by atoms with van der Waals surface area (Å²) >= 11 is 0. The summed E-state index contributed by atoms with van der Waals surface area (Å²) in [6.07, 6.45) is 2.71. The summed E-state index contributed by atoms with van der Waals surface area (Å²) in [5.74, 6) is -3.62. The van der Waals surface area contributed by atoms with Crippen LogP contribution in [0, 0.1) is 22.0 Å². The highest BCUT2D eigenvalue weighted by Gasteiger charge is 2.65. The molecule has 1 aromatic rings. The molecule has 4 atom stereocenters. The van der Waals surface area contributed by atoms with E-state index < -0.39 is 40.3 Å². The lowest BCUT2D eigenvalue weighted by Gasteiger charge is -2.24. The summed E-state index contributed by atoms with van der Waals surface area (Å²) in [6.45, 7) is 0.133. The molecule has 0 aliphatic carbocycles. The van der Waals surface area contributed by atoms with Crippen molar-refractivity contribution >= 4 is 23.3 Å². The van der Waals surface area contributed by atoms with Crippen LogP contribution in [0.25, 0.3) is 0 Å². The number of hydrogen-bond donors (Lipinski definition) is 0. The van der Waals surface area contributed by atoms with Crippen molar-refractivity contribution in [1.82, 2.24) is 0 Å². The number of amides is 1. The van der Waals surface area contributed by atoms with Crippen molar-refractivity contribution in [3.63, 3.8) is 0 Å². The zero-order valence-electron chi connectivity index (χ0n) is 11.7. The average Bonchev–Trinajstić information content (AvgIpc) is 3.15. The number of ether oxygens (including phenoxy) is 1. The third kappa shape index (κ3) is 1.75. The number of non-ortho nitro benzene ring substituents is 1. The Kier molecular flexibility index (Phi) is 2.65. The second kappa shape index (κ2) is 4.39. The van der Waals surface area contributed by atoms with Gasteiger partial charge in [-0.15, -0.1) is 0 Å². The van der Waals surface area contributed by atoms with Gasteiger partial charge < -0.3 is 19.5 Å². The Bertz CT molecular complexity index is 775. The van der Waals surface area contributed by atoms with E-state index in [0.717, 1.165) is 0 Å². The fraction of sp³-hybridized carbons (Fsp3) is 0.333. The zero-order valence-corrected chi connectivity index (χ0v) is 11.7. The molecule has 0 aromatic heterocycles. The molecular weight excluding hydrogens is 304 g/mol. The van der Waals surface area contributed by atoms with Gasteiger partial charge in [-0.3, -0.25) is 14.9 Å². The number of nitro benzene ring substituents is 1. The predicted octanol–water partition coefficient (Wildman–Crippen LogP) is -0.369. The van der Waals surface area contributed by atoms with Crippen LogP contribution < -0.4 is 10.0 Å². The van der Waals surface area contributed by atoms with Gasteiger partial charge in [-0.05, 0) is 6.07 Å². The summed E-state index contributed by atoms with van der Waals surface area (Å²) in [6, 6.07) is 5.68. The van der Waals surface area contributed by atoms with E-state index in [1.165, 1.54) is 23.1 Å². The number of rotatable bonds is 3. The lowest BCUT2D eigenvalue weighted by molar-refractivity contribution is -0.384.